The predicted octanol–water partition coefficient (Wildman–Crippen LogP) is 0.207. The Balaban J connectivity index is 2.18. The molecule has 2 rings (SSSR count). The van der Waals surface area contributed by atoms with Crippen LogP contribution in [-0.4, -0.2) is 28.7 Å². The third-order valence-electron chi connectivity index (χ3n) is 2.43. The fraction of sp³-hybridized carbons (Fsp3) is 0.556. The molecule has 0 radical (unpaired) electrons. The van der Waals surface area contributed by atoms with Gasteiger partial charge in [-0.2, -0.15) is 0 Å². The van der Waals surface area contributed by atoms with Crippen LogP contribution in [0.15, 0.2) is 12.5 Å². The van der Waals surface area contributed by atoms with Gasteiger partial charge in [0.05, 0.1) is 19.1 Å². The van der Waals surface area contributed by atoms with Gasteiger partial charge in [0, 0.05) is 13.2 Å². The number of nitrogens with zero attached hydrogens (tertiary/aromatic N) is 2. The number of imidazole rings is 1. The first-order valence-corrected chi connectivity index (χ1v) is 4.32. The molecule has 2 atom stereocenters. The zero-order valence-corrected chi connectivity index (χ0v) is 8.35. The highest BCUT2D eigenvalue weighted by Crippen LogP contribution is 2.45. The molecule has 1 saturated heterocycles. The molecule has 0 bridgehead atoms. The molecule has 0 aromatic carbocycles. The lowest BCUT2D eigenvalue weighted by molar-refractivity contribution is -0.142. The van der Waals surface area contributed by atoms with E-state index in [1.165, 1.54) is 7.11 Å². The van der Waals surface area contributed by atoms with E-state index in [4.69, 9.17) is 4.74 Å². The maximum Gasteiger partial charge on any atom is 0.338 e. The van der Waals surface area contributed by atoms with Crippen molar-refractivity contribution in [1.82, 2.24) is 9.55 Å². The van der Waals surface area contributed by atoms with Crippen LogP contribution in [0.1, 0.15) is 12.6 Å². The minimum Gasteiger partial charge on any atom is -0.467 e. The zero-order chi connectivity index (χ0) is 10.3. The van der Waals surface area contributed by atoms with Gasteiger partial charge >= 0.3 is 5.97 Å². The first-order valence-electron chi connectivity index (χ1n) is 4.32. The fourth-order valence-corrected chi connectivity index (χ4v) is 1.45. The van der Waals surface area contributed by atoms with Gasteiger partial charge in [-0.1, -0.05) is 0 Å². The van der Waals surface area contributed by atoms with Crippen LogP contribution in [-0.2, 0) is 26.9 Å². The minimum atomic E-state index is -0.603. The summed E-state index contributed by atoms with van der Waals surface area (Å²) in [5.74, 6) is -0.349. The van der Waals surface area contributed by atoms with Crippen molar-refractivity contribution in [2.45, 2.75) is 18.6 Å². The van der Waals surface area contributed by atoms with Crippen molar-refractivity contribution < 1.29 is 14.3 Å². The third kappa shape index (κ3) is 1.21. The molecule has 1 aromatic rings. The maximum absolute atomic E-state index is 11.2. The summed E-state index contributed by atoms with van der Waals surface area (Å²) < 4.78 is 11.7. The van der Waals surface area contributed by atoms with E-state index in [2.05, 4.69) is 9.72 Å². The van der Waals surface area contributed by atoms with E-state index >= 15 is 0 Å². The number of carbonyl (C=O) groups is 1. The average Bonchev–Trinajstić information content (AvgIpc) is 2.65. The number of hydrogen-bond donors (Lipinski definition) is 0. The summed E-state index contributed by atoms with van der Waals surface area (Å²) in [5, 5.41) is 0. The van der Waals surface area contributed by atoms with Crippen LogP contribution in [0, 0.1) is 0 Å². The summed E-state index contributed by atoms with van der Waals surface area (Å²) in [6.07, 6.45) is 3.00. The number of epoxide rings is 1. The SMILES string of the molecule is COC(=O)C1OC1(C)c1cn(C)cn1. The highest BCUT2D eigenvalue weighted by molar-refractivity contribution is 5.79. The highest BCUT2D eigenvalue weighted by atomic mass is 16.7. The molecule has 1 aliphatic rings. The van der Waals surface area contributed by atoms with Gasteiger partial charge in [-0.05, 0) is 6.92 Å². The van der Waals surface area contributed by atoms with E-state index in [1.807, 2.05) is 24.7 Å². The summed E-state index contributed by atoms with van der Waals surface area (Å²) in [6.45, 7) is 1.83. The predicted molar refractivity (Wildman–Crippen MR) is 47.4 cm³/mol. The van der Waals surface area contributed by atoms with Crippen LogP contribution in [0.2, 0.25) is 0 Å². The molecule has 0 amide bonds. The van der Waals surface area contributed by atoms with E-state index in [1.54, 1.807) is 6.33 Å². The molecule has 1 fully saturated rings. The van der Waals surface area contributed by atoms with Crippen molar-refractivity contribution in [1.29, 1.82) is 0 Å². The third-order valence-corrected chi connectivity index (χ3v) is 2.43. The fourth-order valence-electron chi connectivity index (χ4n) is 1.45. The highest BCUT2D eigenvalue weighted by Gasteiger charge is 2.60. The molecule has 5 heteroatoms. The molecular formula is C9H12N2O3. The molecule has 2 heterocycles. The van der Waals surface area contributed by atoms with Crippen LogP contribution in [0.3, 0.4) is 0 Å². The van der Waals surface area contributed by atoms with Gasteiger partial charge in [-0.15, -0.1) is 0 Å². The second-order valence-electron chi connectivity index (χ2n) is 3.55. The van der Waals surface area contributed by atoms with Crippen LogP contribution in [0.4, 0.5) is 0 Å². The number of esters is 1. The molecule has 0 spiro atoms. The van der Waals surface area contributed by atoms with E-state index in [9.17, 15) is 4.79 Å². The smallest absolute Gasteiger partial charge is 0.338 e. The van der Waals surface area contributed by atoms with Gasteiger partial charge in [-0.3, -0.25) is 0 Å². The average molecular weight is 196 g/mol. The molecule has 1 aliphatic heterocycles. The number of hydrogen-bond acceptors (Lipinski definition) is 4. The molecule has 0 N–H and O–H groups in total. The number of carbonyl (C=O) groups excluding carboxylic acids is 1. The van der Waals surface area contributed by atoms with E-state index in [-0.39, 0.29) is 5.97 Å². The first kappa shape index (κ1) is 9.21. The molecular weight excluding hydrogens is 184 g/mol. The Hall–Kier alpha value is -1.36. The topological polar surface area (TPSA) is 56.6 Å². The largest absolute Gasteiger partial charge is 0.467 e. The number of ether oxygens (including phenoxy) is 2. The van der Waals surface area contributed by atoms with Crippen LogP contribution in [0.5, 0.6) is 0 Å². The maximum atomic E-state index is 11.2. The Labute approximate surface area is 81.6 Å². The molecule has 1 aromatic heterocycles. The summed E-state index contributed by atoms with van der Waals surface area (Å²) in [6, 6.07) is 0. The van der Waals surface area contributed by atoms with Gasteiger partial charge in [0.1, 0.15) is 5.60 Å². The number of rotatable bonds is 2. The van der Waals surface area contributed by atoms with E-state index < -0.39 is 11.7 Å². The molecule has 0 aliphatic carbocycles. The van der Waals surface area contributed by atoms with Crippen molar-refractivity contribution in [3.8, 4) is 0 Å². The molecule has 76 valence electrons. The molecule has 2 unspecified atom stereocenters. The lowest BCUT2D eigenvalue weighted by Crippen LogP contribution is -2.17. The number of aromatic nitrogens is 2. The summed E-state index contributed by atoms with van der Waals surface area (Å²) in [7, 11) is 3.22. The first-order chi connectivity index (χ1) is 6.58. The van der Waals surface area contributed by atoms with Crippen LogP contribution >= 0.6 is 0 Å². The summed E-state index contributed by atoms with van der Waals surface area (Å²) in [5.41, 5.74) is 0.157. The molecule has 5 nitrogen and oxygen atoms in total. The zero-order valence-electron chi connectivity index (χ0n) is 8.35. The monoisotopic (exact) mass is 196 g/mol. The Morgan fingerprint density at radius 1 is 1.79 bits per heavy atom. The van der Waals surface area contributed by atoms with E-state index in [0.717, 1.165) is 5.69 Å². The second kappa shape index (κ2) is 2.81. The van der Waals surface area contributed by atoms with Gasteiger partial charge in [-0.25, -0.2) is 9.78 Å². The van der Waals surface area contributed by atoms with Crippen molar-refractivity contribution in [3.05, 3.63) is 18.2 Å². The van der Waals surface area contributed by atoms with Gasteiger partial charge in [0.15, 0.2) is 6.10 Å². The van der Waals surface area contributed by atoms with E-state index in [0.29, 0.717) is 0 Å². The number of aryl methyl sites for hydroxylation is 1. The summed E-state index contributed by atoms with van der Waals surface area (Å²) >= 11 is 0. The lowest BCUT2D eigenvalue weighted by atomic mass is 10.1. The second-order valence-corrected chi connectivity index (χ2v) is 3.55. The molecule has 0 saturated carbocycles. The Kier molecular flexibility index (Phi) is 1.85. The van der Waals surface area contributed by atoms with Crippen molar-refractivity contribution in [3.63, 3.8) is 0 Å². The summed E-state index contributed by atoms with van der Waals surface area (Å²) in [4.78, 5) is 15.3. The molecule has 14 heavy (non-hydrogen) atoms. The van der Waals surface area contributed by atoms with Crippen LogP contribution < -0.4 is 0 Å². The van der Waals surface area contributed by atoms with Gasteiger partial charge in [0.25, 0.3) is 0 Å². The van der Waals surface area contributed by atoms with Crippen molar-refractivity contribution >= 4 is 5.97 Å². The standard InChI is InChI=1S/C9H12N2O3/c1-9(6-4-11(2)5-10-6)7(14-9)8(12)13-3/h4-5,7H,1-3H3. The minimum absolute atomic E-state index is 0.349. The Morgan fingerprint density at radius 3 is 3.00 bits per heavy atom. The van der Waals surface area contributed by atoms with Crippen LogP contribution in [0.25, 0.3) is 0 Å². The quantitative estimate of drug-likeness (QED) is 0.501. The number of methoxy groups -OCH3 is 1. The van der Waals surface area contributed by atoms with Gasteiger partial charge in [0.2, 0.25) is 0 Å². The Bertz CT molecular complexity index is 374. The Morgan fingerprint density at radius 2 is 2.50 bits per heavy atom. The van der Waals surface area contributed by atoms with Gasteiger partial charge < -0.3 is 14.0 Å². The normalized spacial score (nSPS) is 30.1. The van der Waals surface area contributed by atoms with Crippen molar-refractivity contribution in [2.24, 2.45) is 7.05 Å². The lowest BCUT2D eigenvalue weighted by Gasteiger charge is -2.00. The van der Waals surface area contributed by atoms with Crippen molar-refractivity contribution in [2.75, 3.05) is 7.11 Å².